The highest BCUT2D eigenvalue weighted by molar-refractivity contribution is 5.80. The highest BCUT2D eigenvalue weighted by Gasteiger charge is 2.19. The van der Waals surface area contributed by atoms with Crippen LogP contribution in [0, 0.1) is 0 Å². The van der Waals surface area contributed by atoms with E-state index in [2.05, 4.69) is 16.4 Å². The zero-order chi connectivity index (χ0) is 22.4. The van der Waals surface area contributed by atoms with E-state index in [1.54, 1.807) is 0 Å². The molecule has 1 aliphatic rings. The largest absolute Gasteiger partial charge is 0.480 e. The first-order chi connectivity index (χ1) is 14.4. The van der Waals surface area contributed by atoms with Gasteiger partial charge in [-0.25, -0.2) is 0 Å². The van der Waals surface area contributed by atoms with Crippen molar-refractivity contribution in [2.75, 3.05) is 58.9 Å². The predicted octanol–water partition coefficient (Wildman–Crippen LogP) is 2.01. The van der Waals surface area contributed by atoms with Gasteiger partial charge in [0.15, 0.2) is 0 Å². The number of aldehydes is 1. The summed E-state index contributed by atoms with van der Waals surface area (Å²) in [6.45, 7) is 13.2. The maximum atomic E-state index is 12.1. The number of aliphatic carboxylic acids is 1. The molecule has 0 unspecified atom stereocenters. The van der Waals surface area contributed by atoms with E-state index >= 15 is 0 Å². The fourth-order valence-electron chi connectivity index (χ4n) is 3.35. The number of hydrogen-bond donors (Lipinski definition) is 1. The third kappa shape index (κ3) is 11.2. The Morgan fingerprint density at radius 2 is 1.47 bits per heavy atom. The third-order valence-corrected chi connectivity index (χ3v) is 5.14. The van der Waals surface area contributed by atoms with Crippen LogP contribution in [0.15, 0.2) is 36.0 Å². The van der Waals surface area contributed by atoms with Gasteiger partial charge in [0.1, 0.15) is 12.1 Å². The summed E-state index contributed by atoms with van der Waals surface area (Å²) in [6, 6.07) is 0. The summed E-state index contributed by atoms with van der Waals surface area (Å²) in [5, 5.41) is 9.22. The second-order valence-corrected chi connectivity index (χ2v) is 7.84. The summed E-state index contributed by atoms with van der Waals surface area (Å²) in [5.41, 5.74) is 2.03. The van der Waals surface area contributed by atoms with E-state index < -0.39 is 5.97 Å². The predicted molar refractivity (Wildman–Crippen MR) is 120 cm³/mol. The molecule has 1 aliphatic heterocycles. The molecule has 0 bridgehead atoms. The maximum Gasteiger partial charge on any atom is 0.317 e. The number of rotatable bonds is 12. The van der Waals surface area contributed by atoms with Crippen molar-refractivity contribution in [2.45, 2.75) is 33.1 Å². The standard InChI is InChI=1S/C23H37N3O4/c1-4-6-22(28)18-25-12-10-24(11-14-26(15-13-25)19-23(29)30)17-21(5-2)8-7-20(3)9-16-27/h5,7-8,16H,2,4,6,9-15,17-19H2,1,3H3,(H,29,30)/b20-7+,21-8+. The molecule has 7 nitrogen and oxygen atoms in total. The number of carbonyl (C=O) groups excluding carboxylic acids is 2. The first-order valence-corrected chi connectivity index (χ1v) is 10.7. The molecule has 1 heterocycles. The monoisotopic (exact) mass is 419 g/mol. The number of ketones is 1. The molecule has 30 heavy (non-hydrogen) atoms. The molecule has 168 valence electrons. The Balaban J connectivity index is 2.87. The van der Waals surface area contributed by atoms with Crippen LogP contribution >= 0.6 is 0 Å². The van der Waals surface area contributed by atoms with Gasteiger partial charge in [-0.1, -0.05) is 37.3 Å². The Morgan fingerprint density at radius 1 is 0.933 bits per heavy atom. The Kier molecular flexibility index (Phi) is 12.8. The molecule has 1 N–H and O–H groups in total. The molecule has 0 saturated carbocycles. The van der Waals surface area contributed by atoms with E-state index in [4.69, 9.17) is 0 Å². The average molecular weight is 420 g/mol. The van der Waals surface area contributed by atoms with Gasteiger partial charge in [-0.2, -0.15) is 0 Å². The van der Waals surface area contributed by atoms with E-state index in [9.17, 15) is 19.5 Å². The molecule has 1 saturated heterocycles. The van der Waals surface area contributed by atoms with Crippen LogP contribution in [0.25, 0.3) is 0 Å². The van der Waals surface area contributed by atoms with Crippen molar-refractivity contribution in [3.63, 3.8) is 0 Å². The summed E-state index contributed by atoms with van der Waals surface area (Å²) in [7, 11) is 0. The summed E-state index contributed by atoms with van der Waals surface area (Å²) >= 11 is 0. The smallest absolute Gasteiger partial charge is 0.317 e. The molecular formula is C23H37N3O4. The number of carboxylic acid groups (broad SMARTS) is 1. The second-order valence-electron chi connectivity index (χ2n) is 7.84. The Bertz CT molecular complexity index is 642. The number of Topliss-reactive ketones (excluding diaryl/α,β-unsaturated/α-hetero) is 1. The van der Waals surface area contributed by atoms with E-state index in [0.29, 0.717) is 45.6 Å². The van der Waals surface area contributed by atoms with Crippen molar-refractivity contribution in [1.82, 2.24) is 14.7 Å². The molecule has 1 rings (SSSR count). The number of allylic oxidation sites excluding steroid dienone is 3. The lowest BCUT2D eigenvalue weighted by molar-refractivity contribution is -0.138. The van der Waals surface area contributed by atoms with Gasteiger partial charge in [0.25, 0.3) is 0 Å². The summed E-state index contributed by atoms with van der Waals surface area (Å²) in [4.78, 5) is 40.4. The van der Waals surface area contributed by atoms with Crippen LogP contribution in [-0.4, -0.2) is 96.7 Å². The normalized spacial score (nSPS) is 18.3. The van der Waals surface area contributed by atoms with Gasteiger partial charge < -0.3 is 9.90 Å². The van der Waals surface area contributed by atoms with Crippen molar-refractivity contribution in [2.24, 2.45) is 0 Å². The summed E-state index contributed by atoms with van der Waals surface area (Å²) in [6.07, 6.45) is 8.46. The first kappa shape index (κ1) is 25.9. The van der Waals surface area contributed by atoms with E-state index in [0.717, 1.165) is 43.5 Å². The SMILES string of the molecule is C=C/C(=C\C=C(/C)CC=O)CN1CCN(CC(=O)O)CCN(CC(=O)CCC)CC1. The summed E-state index contributed by atoms with van der Waals surface area (Å²) < 4.78 is 0. The lowest BCUT2D eigenvalue weighted by atomic mass is 10.1. The Hall–Kier alpha value is -2.09. The molecule has 0 aromatic carbocycles. The molecule has 0 aromatic rings. The zero-order valence-electron chi connectivity index (χ0n) is 18.5. The van der Waals surface area contributed by atoms with E-state index in [-0.39, 0.29) is 12.3 Å². The van der Waals surface area contributed by atoms with Gasteiger partial charge in [-0.3, -0.25) is 24.3 Å². The van der Waals surface area contributed by atoms with Crippen molar-refractivity contribution < 1.29 is 19.5 Å². The fourth-order valence-corrected chi connectivity index (χ4v) is 3.35. The second kappa shape index (κ2) is 14.8. The van der Waals surface area contributed by atoms with Crippen LogP contribution in [0.5, 0.6) is 0 Å². The van der Waals surface area contributed by atoms with Gasteiger partial charge in [0, 0.05) is 58.7 Å². The molecular weight excluding hydrogens is 382 g/mol. The molecule has 0 spiro atoms. The lowest BCUT2D eigenvalue weighted by Crippen LogP contribution is -2.40. The van der Waals surface area contributed by atoms with Crippen LogP contribution in [0.4, 0.5) is 0 Å². The van der Waals surface area contributed by atoms with Crippen molar-refractivity contribution in [3.8, 4) is 0 Å². The quantitative estimate of drug-likeness (QED) is 0.383. The molecule has 0 aromatic heterocycles. The van der Waals surface area contributed by atoms with Gasteiger partial charge in [0.2, 0.25) is 0 Å². The van der Waals surface area contributed by atoms with Crippen molar-refractivity contribution in [1.29, 1.82) is 0 Å². The minimum absolute atomic E-state index is 0.00235. The summed E-state index contributed by atoms with van der Waals surface area (Å²) in [5.74, 6) is -0.604. The minimum atomic E-state index is -0.836. The highest BCUT2D eigenvalue weighted by Crippen LogP contribution is 2.08. The van der Waals surface area contributed by atoms with Gasteiger partial charge in [-0.15, -0.1) is 0 Å². The maximum absolute atomic E-state index is 12.1. The van der Waals surface area contributed by atoms with Crippen molar-refractivity contribution in [3.05, 3.63) is 36.0 Å². The molecule has 0 radical (unpaired) electrons. The van der Waals surface area contributed by atoms with Crippen LogP contribution in [-0.2, 0) is 14.4 Å². The Labute approximate surface area is 180 Å². The number of carbonyl (C=O) groups is 3. The molecule has 0 atom stereocenters. The van der Waals surface area contributed by atoms with Crippen molar-refractivity contribution >= 4 is 18.0 Å². The zero-order valence-corrected chi connectivity index (χ0v) is 18.5. The van der Waals surface area contributed by atoms with Crippen LogP contribution in [0.3, 0.4) is 0 Å². The average Bonchev–Trinajstić information content (AvgIpc) is 2.77. The number of nitrogens with zero attached hydrogens (tertiary/aromatic N) is 3. The van der Waals surface area contributed by atoms with Gasteiger partial charge >= 0.3 is 5.97 Å². The van der Waals surface area contributed by atoms with E-state index in [1.807, 2.05) is 37.0 Å². The molecule has 0 aliphatic carbocycles. The molecule has 0 amide bonds. The topological polar surface area (TPSA) is 81.2 Å². The van der Waals surface area contributed by atoms with E-state index in [1.165, 1.54) is 0 Å². The van der Waals surface area contributed by atoms with Gasteiger partial charge in [-0.05, 0) is 18.9 Å². The Morgan fingerprint density at radius 3 is 1.93 bits per heavy atom. The lowest BCUT2D eigenvalue weighted by Gasteiger charge is -2.25. The fraction of sp³-hybridized carbons (Fsp3) is 0.609. The number of hydrogen-bond acceptors (Lipinski definition) is 6. The molecule has 7 heteroatoms. The van der Waals surface area contributed by atoms with Crippen LogP contribution in [0.2, 0.25) is 0 Å². The third-order valence-electron chi connectivity index (χ3n) is 5.14. The number of carboxylic acids is 1. The molecule has 1 fully saturated rings. The van der Waals surface area contributed by atoms with Crippen LogP contribution < -0.4 is 0 Å². The minimum Gasteiger partial charge on any atom is -0.480 e. The highest BCUT2D eigenvalue weighted by atomic mass is 16.4. The van der Waals surface area contributed by atoms with Gasteiger partial charge in [0.05, 0.1) is 13.1 Å². The first-order valence-electron chi connectivity index (χ1n) is 10.7. The van der Waals surface area contributed by atoms with Crippen LogP contribution in [0.1, 0.15) is 33.1 Å².